The van der Waals surface area contributed by atoms with Crippen molar-refractivity contribution >= 4 is 16.8 Å². The van der Waals surface area contributed by atoms with Gasteiger partial charge in [0.2, 0.25) is 5.91 Å². The number of hydrogen-bond donors (Lipinski definition) is 1. The zero-order chi connectivity index (χ0) is 16.4. The average Bonchev–Trinajstić information content (AvgIpc) is 3.26. The van der Waals surface area contributed by atoms with Gasteiger partial charge in [-0.15, -0.1) is 0 Å². The minimum Gasteiger partial charge on any atom is -0.497 e. The maximum absolute atomic E-state index is 13.2. The Morgan fingerprint density at radius 3 is 2.52 bits per heavy atom. The lowest BCUT2D eigenvalue weighted by atomic mass is 9.93. The molecule has 1 aromatic heterocycles. The van der Waals surface area contributed by atoms with Gasteiger partial charge in [-0.25, -0.2) is 0 Å². The molecule has 0 radical (unpaired) electrons. The van der Waals surface area contributed by atoms with Crippen LogP contribution in [0.4, 0.5) is 0 Å². The van der Waals surface area contributed by atoms with E-state index in [1.165, 1.54) is 0 Å². The molecule has 1 aliphatic carbocycles. The molecule has 1 aromatic carbocycles. The van der Waals surface area contributed by atoms with Gasteiger partial charge in [0.25, 0.3) is 0 Å². The Morgan fingerprint density at radius 1 is 1.26 bits per heavy atom. The highest BCUT2D eigenvalue weighted by molar-refractivity contribution is 5.98. The largest absolute Gasteiger partial charge is 0.497 e. The van der Waals surface area contributed by atoms with E-state index < -0.39 is 0 Å². The van der Waals surface area contributed by atoms with Crippen LogP contribution in [0.1, 0.15) is 45.1 Å². The molecule has 124 valence electrons. The first-order chi connectivity index (χ1) is 11.2. The summed E-state index contributed by atoms with van der Waals surface area (Å²) in [6.07, 6.45) is 5.91. The van der Waals surface area contributed by atoms with Crippen LogP contribution in [-0.4, -0.2) is 36.0 Å². The number of fused-ring (bicyclic) bond motifs is 1. The Morgan fingerprint density at radius 2 is 1.96 bits per heavy atom. The number of amides is 1. The number of aromatic amines is 1. The number of methoxy groups -OCH3 is 1. The number of aromatic nitrogens is 1. The van der Waals surface area contributed by atoms with Crippen LogP contribution in [0.2, 0.25) is 0 Å². The normalized spacial score (nSPS) is 15.6. The minimum absolute atomic E-state index is 0.296. The Balaban J connectivity index is 1.98. The van der Waals surface area contributed by atoms with E-state index in [4.69, 9.17) is 4.74 Å². The standard InChI is InChI=1S/C19H26N2O2/c1-4-10-21(11-5-2)18(22)19(8-9-19)16-13-20-17-7-6-14(23-3)12-15(16)17/h6-7,12-13,20H,4-5,8-11H2,1-3H3. The molecule has 1 fully saturated rings. The van der Waals surface area contributed by atoms with Gasteiger partial charge >= 0.3 is 0 Å². The summed E-state index contributed by atoms with van der Waals surface area (Å²) in [5.41, 5.74) is 1.88. The summed E-state index contributed by atoms with van der Waals surface area (Å²) in [6, 6.07) is 6.01. The third-order valence-corrected chi connectivity index (χ3v) is 4.84. The van der Waals surface area contributed by atoms with Crippen molar-refractivity contribution in [1.82, 2.24) is 9.88 Å². The van der Waals surface area contributed by atoms with Crippen LogP contribution in [0.25, 0.3) is 10.9 Å². The van der Waals surface area contributed by atoms with Crippen molar-refractivity contribution < 1.29 is 9.53 Å². The summed E-state index contributed by atoms with van der Waals surface area (Å²) in [4.78, 5) is 18.5. The molecule has 1 saturated carbocycles. The van der Waals surface area contributed by atoms with E-state index >= 15 is 0 Å². The first-order valence-electron chi connectivity index (χ1n) is 8.61. The van der Waals surface area contributed by atoms with Crippen molar-refractivity contribution in [3.05, 3.63) is 30.0 Å². The van der Waals surface area contributed by atoms with Gasteiger partial charge in [-0.1, -0.05) is 13.8 Å². The number of H-pyrrole nitrogens is 1. The number of carbonyl (C=O) groups excluding carboxylic acids is 1. The maximum atomic E-state index is 13.2. The summed E-state index contributed by atoms with van der Waals surface area (Å²) in [7, 11) is 1.68. The summed E-state index contributed by atoms with van der Waals surface area (Å²) in [5.74, 6) is 1.13. The Kier molecular flexibility index (Phi) is 4.33. The van der Waals surface area contributed by atoms with Gasteiger partial charge in [-0.05, 0) is 49.4 Å². The molecule has 0 atom stereocenters. The highest BCUT2D eigenvalue weighted by atomic mass is 16.5. The van der Waals surface area contributed by atoms with E-state index in [1.54, 1.807) is 7.11 Å². The van der Waals surface area contributed by atoms with Crippen molar-refractivity contribution in [3.8, 4) is 5.75 Å². The second kappa shape index (κ2) is 6.26. The Labute approximate surface area is 137 Å². The monoisotopic (exact) mass is 314 g/mol. The van der Waals surface area contributed by atoms with Crippen LogP contribution in [0, 0.1) is 0 Å². The zero-order valence-corrected chi connectivity index (χ0v) is 14.3. The van der Waals surface area contributed by atoms with E-state index in [0.717, 1.165) is 61.0 Å². The molecular formula is C19H26N2O2. The first kappa shape index (κ1) is 15.9. The number of ether oxygens (including phenoxy) is 1. The van der Waals surface area contributed by atoms with E-state index in [9.17, 15) is 4.79 Å². The fourth-order valence-electron chi connectivity index (χ4n) is 3.50. The number of rotatable bonds is 7. The molecule has 0 unspecified atom stereocenters. The first-order valence-corrected chi connectivity index (χ1v) is 8.61. The highest BCUT2D eigenvalue weighted by Gasteiger charge is 2.53. The molecule has 0 spiro atoms. The average molecular weight is 314 g/mol. The summed E-state index contributed by atoms with van der Waals surface area (Å²) in [5, 5.41) is 1.11. The molecule has 2 aromatic rings. The third kappa shape index (κ3) is 2.71. The van der Waals surface area contributed by atoms with E-state index in [0.29, 0.717) is 5.91 Å². The Hall–Kier alpha value is -1.97. The molecule has 4 nitrogen and oxygen atoms in total. The summed E-state index contributed by atoms with van der Waals surface area (Å²) in [6.45, 7) is 5.96. The second-order valence-electron chi connectivity index (χ2n) is 6.49. The van der Waals surface area contributed by atoms with Gasteiger partial charge < -0.3 is 14.6 Å². The molecule has 0 bridgehead atoms. The quantitative estimate of drug-likeness (QED) is 0.843. The van der Waals surface area contributed by atoms with E-state index in [-0.39, 0.29) is 5.41 Å². The van der Waals surface area contributed by atoms with Gasteiger partial charge in [0.15, 0.2) is 0 Å². The highest BCUT2D eigenvalue weighted by Crippen LogP contribution is 2.52. The van der Waals surface area contributed by atoms with Gasteiger partial charge in [-0.3, -0.25) is 4.79 Å². The van der Waals surface area contributed by atoms with Crippen LogP contribution >= 0.6 is 0 Å². The van der Waals surface area contributed by atoms with Crippen molar-refractivity contribution in [2.24, 2.45) is 0 Å². The molecule has 0 saturated heterocycles. The van der Waals surface area contributed by atoms with Gasteiger partial charge in [0.1, 0.15) is 5.75 Å². The van der Waals surface area contributed by atoms with Crippen molar-refractivity contribution in [2.45, 2.75) is 44.9 Å². The van der Waals surface area contributed by atoms with Crippen LogP contribution < -0.4 is 4.74 Å². The van der Waals surface area contributed by atoms with Crippen LogP contribution in [0.5, 0.6) is 5.75 Å². The number of carbonyl (C=O) groups is 1. The van der Waals surface area contributed by atoms with Gasteiger partial charge in [0, 0.05) is 30.2 Å². The second-order valence-corrected chi connectivity index (χ2v) is 6.49. The fourth-order valence-corrected chi connectivity index (χ4v) is 3.50. The lowest BCUT2D eigenvalue weighted by Gasteiger charge is -2.27. The Bertz CT molecular complexity index is 694. The predicted octanol–water partition coefficient (Wildman–Crippen LogP) is 3.86. The smallest absolute Gasteiger partial charge is 0.233 e. The predicted molar refractivity (Wildman–Crippen MR) is 92.9 cm³/mol. The topological polar surface area (TPSA) is 45.3 Å². The molecule has 0 aliphatic heterocycles. The zero-order valence-electron chi connectivity index (χ0n) is 14.3. The molecule has 4 heteroatoms. The van der Waals surface area contributed by atoms with Gasteiger partial charge in [0.05, 0.1) is 12.5 Å². The molecular weight excluding hydrogens is 288 g/mol. The van der Waals surface area contributed by atoms with Crippen LogP contribution in [0.15, 0.2) is 24.4 Å². The van der Waals surface area contributed by atoms with Crippen LogP contribution in [-0.2, 0) is 10.2 Å². The molecule has 3 rings (SSSR count). The molecule has 1 heterocycles. The number of benzene rings is 1. The molecule has 1 N–H and O–H groups in total. The molecule has 1 aliphatic rings. The number of hydrogen-bond acceptors (Lipinski definition) is 2. The lowest BCUT2D eigenvalue weighted by Crippen LogP contribution is -2.40. The van der Waals surface area contributed by atoms with Crippen molar-refractivity contribution in [3.63, 3.8) is 0 Å². The fraction of sp³-hybridized carbons (Fsp3) is 0.526. The maximum Gasteiger partial charge on any atom is 0.233 e. The summed E-state index contributed by atoms with van der Waals surface area (Å²) >= 11 is 0. The van der Waals surface area contributed by atoms with E-state index in [2.05, 4.69) is 18.8 Å². The SMILES string of the molecule is CCCN(CCC)C(=O)C1(c2c[nH]c3ccc(OC)cc23)CC1. The number of nitrogens with one attached hydrogen (secondary N) is 1. The van der Waals surface area contributed by atoms with Gasteiger partial charge in [-0.2, -0.15) is 0 Å². The lowest BCUT2D eigenvalue weighted by molar-refractivity contribution is -0.134. The van der Waals surface area contributed by atoms with Crippen molar-refractivity contribution in [2.75, 3.05) is 20.2 Å². The third-order valence-electron chi connectivity index (χ3n) is 4.84. The minimum atomic E-state index is -0.324. The van der Waals surface area contributed by atoms with E-state index in [1.807, 2.05) is 29.3 Å². The van der Waals surface area contributed by atoms with Crippen molar-refractivity contribution in [1.29, 1.82) is 0 Å². The number of nitrogens with zero attached hydrogens (tertiary/aromatic N) is 1. The molecule has 1 amide bonds. The summed E-state index contributed by atoms with van der Waals surface area (Å²) < 4.78 is 5.36. The van der Waals surface area contributed by atoms with Crippen LogP contribution in [0.3, 0.4) is 0 Å². The molecule has 23 heavy (non-hydrogen) atoms.